The summed E-state index contributed by atoms with van der Waals surface area (Å²) in [6.07, 6.45) is 0. The van der Waals surface area contributed by atoms with Crippen molar-refractivity contribution in [2.75, 3.05) is 5.32 Å². The van der Waals surface area contributed by atoms with Crippen LogP contribution in [0, 0.1) is 0 Å². The number of para-hydroxylation sites is 1. The van der Waals surface area contributed by atoms with Crippen LogP contribution in [0.1, 0.15) is 16.1 Å². The molecule has 1 heterocycles. The molecule has 0 unspecified atom stereocenters. The molecule has 0 aliphatic heterocycles. The first-order valence-corrected chi connectivity index (χ1v) is 6.24. The van der Waals surface area contributed by atoms with Crippen LogP contribution in [0.25, 0.3) is 0 Å². The standard InChI is InChI=1S/C12H9BrClNO2/c13-11-6-5-10(17-11)12(16)15-9-4-2-1-3-8(9)7-14/h1-6H,7H2,(H,15,16). The molecule has 1 N–H and O–H groups in total. The van der Waals surface area contributed by atoms with Gasteiger partial charge in [0.05, 0.1) is 0 Å². The Morgan fingerprint density at radius 2 is 2.06 bits per heavy atom. The molecule has 1 aromatic carbocycles. The Hall–Kier alpha value is -1.26. The molecule has 0 aliphatic rings. The molecule has 0 spiro atoms. The number of furan rings is 1. The number of amides is 1. The molecular weight excluding hydrogens is 305 g/mol. The van der Waals surface area contributed by atoms with Crippen molar-refractivity contribution >= 4 is 39.1 Å². The third-order valence-electron chi connectivity index (χ3n) is 2.21. The van der Waals surface area contributed by atoms with Crippen LogP contribution in [0.15, 0.2) is 45.5 Å². The predicted molar refractivity (Wildman–Crippen MR) is 70.4 cm³/mol. The van der Waals surface area contributed by atoms with Crippen LogP contribution in [0.5, 0.6) is 0 Å². The summed E-state index contributed by atoms with van der Waals surface area (Å²) >= 11 is 8.93. The summed E-state index contributed by atoms with van der Waals surface area (Å²) in [4.78, 5) is 11.8. The highest BCUT2D eigenvalue weighted by molar-refractivity contribution is 9.10. The Morgan fingerprint density at radius 1 is 1.29 bits per heavy atom. The lowest BCUT2D eigenvalue weighted by Gasteiger charge is -2.07. The number of alkyl halides is 1. The summed E-state index contributed by atoms with van der Waals surface area (Å²) in [5.74, 6) is 0.299. The van der Waals surface area contributed by atoms with E-state index in [0.717, 1.165) is 5.56 Å². The molecule has 0 fully saturated rings. The van der Waals surface area contributed by atoms with Crippen molar-refractivity contribution in [2.45, 2.75) is 5.88 Å². The van der Waals surface area contributed by atoms with Crippen LogP contribution in [0.4, 0.5) is 5.69 Å². The Kier molecular flexibility index (Phi) is 3.86. The van der Waals surface area contributed by atoms with E-state index in [-0.39, 0.29) is 11.7 Å². The summed E-state index contributed by atoms with van der Waals surface area (Å²) in [5, 5.41) is 2.75. The van der Waals surface area contributed by atoms with Gasteiger partial charge in [0, 0.05) is 11.6 Å². The lowest BCUT2D eigenvalue weighted by atomic mass is 10.2. The van der Waals surface area contributed by atoms with Crippen LogP contribution < -0.4 is 5.32 Å². The normalized spacial score (nSPS) is 10.2. The van der Waals surface area contributed by atoms with Gasteiger partial charge in [-0.1, -0.05) is 18.2 Å². The molecule has 2 rings (SSSR count). The van der Waals surface area contributed by atoms with Crippen LogP contribution in [0.2, 0.25) is 0 Å². The second kappa shape index (κ2) is 5.38. The first-order valence-electron chi connectivity index (χ1n) is 4.91. The maximum atomic E-state index is 11.8. The van der Waals surface area contributed by atoms with Crippen LogP contribution >= 0.6 is 27.5 Å². The molecule has 1 aromatic heterocycles. The highest BCUT2D eigenvalue weighted by atomic mass is 79.9. The smallest absolute Gasteiger partial charge is 0.291 e. The fourth-order valence-corrected chi connectivity index (χ4v) is 1.92. The van der Waals surface area contributed by atoms with Crippen molar-refractivity contribution < 1.29 is 9.21 Å². The summed E-state index contributed by atoms with van der Waals surface area (Å²) in [6, 6.07) is 10.6. The Balaban J connectivity index is 2.18. The summed E-state index contributed by atoms with van der Waals surface area (Å²) in [6.45, 7) is 0. The fraction of sp³-hybridized carbons (Fsp3) is 0.0833. The van der Waals surface area contributed by atoms with E-state index in [1.807, 2.05) is 18.2 Å². The molecule has 17 heavy (non-hydrogen) atoms. The lowest BCUT2D eigenvalue weighted by molar-refractivity contribution is 0.0995. The zero-order valence-electron chi connectivity index (χ0n) is 8.74. The molecule has 3 nitrogen and oxygen atoms in total. The summed E-state index contributed by atoms with van der Waals surface area (Å²) < 4.78 is 5.68. The Labute approximate surface area is 112 Å². The molecule has 0 atom stereocenters. The van der Waals surface area contributed by atoms with E-state index < -0.39 is 0 Å². The number of carbonyl (C=O) groups excluding carboxylic acids is 1. The first kappa shape index (κ1) is 12.2. The van der Waals surface area contributed by atoms with Crippen molar-refractivity contribution in [3.05, 3.63) is 52.4 Å². The van der Waals surface area contributed by atoms with E-state index in [4.69, 9.17) is 16.0 Å². The minimum Gasteiger partial charge on any atom is -0.444 e. The highest BCUT2D eigenvalue weighted by Crippen LogP contribution is 2.19. The maximum absolute atomic E-state index is 11.8. The van der Waals surface area contributed by atoms with Gasteiger partial charge in [-0.15, -0.1) is 11.6 Å². The summed E-state index contributed by atoms with van der Waals surface area (Å²) in [5.41, 5.74) is 1.56. The van der Waals surface area contributed by atoms with Crippen molar-refractivity contribution in [1.29, 1.82) is 0 Å². The van der Waals surface area contributed by atoms with E-state index in [1.165, 1.54) is 0 Å². The van der Waals surface area contributed by atoms with Crippen LogP contribution in [0.3, 0.4) is 0 Å². The number of nitrogens with one attached hydrogen (secondary N) is 1. The van der Waals surface area contributed by atoms with E-state index in [1.54, 1.807) is 18.2 Å². The third-order valence-corrected chi connectivity index (χ3v) is 2.92. The van der Waals surface area contributed by atoms with Crippen LogP contribution in [-0.4, -0.2) is 5.91 Å². The number of carbonyl (C=O) groups is 1. The van der Waals surface area contributed by atoms with E-state index >= 15 is 0 Å². The number of hydrogen-bond donors (Lipinski definition) is 1. The zero-order valence-corrected chi connectivity index (χ0v) is 11.1. The highest BCUT2D eigenvalue weighted by Gasteiger charge is 2.11. The molecule has 1 amide bonds. The number of anilines is 1. The predicted octanol–water partition coefficient (Wildman–Crippen LogP) is 4.03. The van der Waals surface area contributed by atoms with Crippen molar-refractivity contribution in [3.8, 4) is 0 Å². The minimum absolute atomic E-state index is 0.251. The Bertz CT molecular complexity index is 539. The quantitative estimate of drug-likeness (QED) is 0.869. The Morgan fingerprint density at radius 3 is 2.71 bits per heavy atom. The van der Waals surface area contributed by atoms with E-state index in [2.05, 4.69) is 21.2 Å². The average molecular weight is 315 g/mol. The van der Waals surface area contributed by atoms with Gasteiger partial charge in [-0.05, 0) is 39.7 Å². The fourth-order valence-electron chi connectivity index (χ4n) is 1.38. The van der Waals surface area contributed by atoms with Gasteiger partial charge in [0.15, 0.2) is 10.4 Å². The second-order valence-corrected chi connectivity index (χ2v) is 4.40. The minimum atomic E-state index is -0.298. The molecule has 5 heteroatoms. The second-order valence-electron chi connectivity index (χ2n) is 3.35. The van der Waals surface area contributed by atoms with E-state index in [0.29, 0.717) is 16.2 Å². The first-order chi connectivity index (χ1) is 8.20. The van der Waals surface area contributed by atoms with Crippen molar-refractivity contribution in [2.24, 2.45) is 0 Å². The van der Waals surface area contributed by atoms with Gasteiger partial charge in [0.2, 0.25) is 0 Å². The number of rotatable bonds is 3. The molecule has 0 aliphatic carbocycles. The summed E-state index contributed by atoms with van der Waals surface area (Å²) in [7, 11) is 0. The monoisotopic (exact) mass is 313 g/mol. The number of halogens is 2. The van der Waals surface area contributed by atoms with Gasteiger partial charge in [-0.25, -0.2) is 0 Å². The number of benzene rings is 1. The van der Waals surface area contributed by atoms with Crippen molar-refractivity contribution in [1.82, 2.24) is 0 Å². The maximum Gasteiger partial charge on any atom is 0.291 e. The average Bonchev–Trinajstić information content (AvgIpc) is 2.77. The van der Waals surface area contributed by atoms with Gasteiger partial charge in [-0.2, -0.15) is 0 Å². The third kappa shape index (κ3) is 2.90. The molecular formula is C12H9BrClNO2. The molecule has 0 saturated heterocycles. The van der Waals surface area contributed by atoms with Gasteiger partial charge >= 0.3 is 0 Å². The van der Waals surface area contributed by atoms with E-state index in [9.17, 15) is 4.79 Å². The molecule has 0 saturated carbocycles. The molecule has 88 valence electrons. The van der Waals surface area contributed by atoms with Crippen molar-refractivity contribution in [3.63, 3.8) is 0 Å². The SMILES string of the molecule is O=C(Nc1ccccc1CCl)c1ccc(Br)o1. The number of hydrogen-bond acceptors (Lipinski definition) is 2. The van der Waals surface area contributed by atoms with Gasteiger partial charge in [0.1, 0.15) is 0 Å². The molecule has 0 bridgehead atoms. The van der Waals surface area contributed by atoms with Gasteiger partial charge < -0.3 is 9.73 Å². The van der Waals surface area contributed by atoms with Gasteiger partial charge in [0.25, 0.3) is 5.91 Å². The molecule has 2 aromatic rings. The van der Waals surface area contributed by atoms with Crippen LogP contribution in [-0.2, 0) is 5.88 Å². The van der Waals surface area contributed by atoms with Gasteiger partial charge in [-0.3, -0.25) is 4.79 Å². The topological polar surface area (TPSA) is 42.2 Å². The zero-order chi connectivity index (χ0) is 12.3. The lowest BCUT2D eigenvalue weighted by Crippen LogP contribution is -2.12. The molecule has 0 radical (unpaired) electrons. The largest absolute Gasteiger partial charge is 0.444 e.